The molecule has 810 valence electrons. The molecule has 6 aliphatic heterocycles. The lowest BCUT2D eigenvalue weighted by Crippen LogP contribution is -2.32. The minimum Gasteiger partial charge on any atom is -0.397 e. The highest BCUT2D eigenvalue weighted by Crippen LogP contribution is 2.50. The number of imidazole rings is 6. The monoisotopic (exact) mass is 2400 g/mol. The van der Waals surface area contributed by atoms with Crippen LogP contribution in [0.15, 0.2) is 88.6 Å². The lowest BCUT2D eigenvalue weighted by Gasteiger charge is -2.19. The summed E-state index contributed by atoms with van der Waals surface area (Å²) in [5.74, 6) is 0.804. The van der Waals surface area contributed by atoms with Crippen LogP contribution in [0.1, 0.15) is 82.8 Å². The van der Waals surface area contributed by atoms with Crippen molar-refractivity contribution < 1.29 is 89.7 Å². The number of thioether (sulfide) groups is 2. The predicted octanol–water partition coefficient (Wildman–Crippen LogP) is 8.91. The van der Waals surface area contributed by atoms with E-state index in [0.717, 1.165) is 42.7 Å². The van der Waals surface area contributed by atoms with Gasteiger partial charge in [-0.1, -0.05) is 30.4 Å². The molecule has 0 spiro atoms. The van der Waals surface area contributed by atoms with Gasteiger partial charge in [0.2, 0.25) is 5.28 Å². The van der Waals surface area contributed by atoms with Crippen molar-refractivity contribution in [1.82, 2.24) is 87.2 Å². The Morgan fingerprint density at radius 2 is 0.605 bits per heavy atom. The minimum absolute atomic E-state index is 0.109. The molecule has 0 aliphatic carbocycles. The van der Waals surface area contributed by atoms with Gasteiger partial charge >= 0.3 is 0 Å². The average Bonchev–Trinajstić information content (AvgIpc) is 1.67. The van der Waals surface area contributed by atoms with Gasteiger partial charge < -0.3 is 129 Å². The van der Waals surface area contributed by atoms with Gasteiger partial charge in [-0.15, -0.1) is 79.1 Å². The SMILES string of the molecule is C=P(C)(C)CC[C@H]1O[C@@H](n2c(=S)[nH]c3c(N)ccnc32)[C@H](O)[C@@H]1O.C=P(C)(C)CC[C@H]1O[C@@H](n2c(Br)nc3c(N)ccnc32)[C@H](O)[C@@H]1O.C=P(C)(C)CC[C@H]1O[C@@H](n2c(Cl)nc3c(N)ccnc32)[C@H](O)[C@@H]1O.C=P(C)(C)CC[C@H]1O[C@@H](n2c(I)nc3c(N)ccnc32)[C@H](O)[C@@H]1O.C=P(C)(C)CC[C@H]1O[C@@H](n2c(SC)nc3c(N)ccnc32)[C@H](O)[C@@H]1O.C=P(C)(C)CC[C@H]1O[C@@H](n2c(SCC)nc3c(N)ccnc32)[C@H](O)[C@@H]1O. The van der Waals surface area contributed by atoms with Gasteiger partial charge in [0.1, 0.15) is 106 Å². The largest absolute Gasteiger partial charge is 0.397 e. The molecule has 0 bridgehead atoms. The summed E-state index contributed by atoms with van der Waals surface area (Å²) in [4.78, 5) is 50.9. The Balaban J connectivity index is 0.000000147. The fourth-order valence-electron chi connectivity index (χ4n) is 17.7. The minimum atomic E-state index is -1.25. The van der Waals surface area contributed by atoms with Gasteiger partial charge in [0.25, 0.3) is 0 Å². The lowest BCUT2D eigenvalue weighted by atomic mass is 10.1. The van der Waals surface area contributed by atoms with E-state index in [1.807, 2.05) is 13.2 Å². The number of aromatic nitrogens is 18. The van der Waals surface area contributed by atoms with E-state index < -0.39 is 189 Å². The van der Waals surface area contributed by atoms with Gasteiger partial charge in [0, 0.05) is 59.8 Å². The number of nitrogens with one attached hydrogen (secondary N) is 1. The zero-order valence-corrected chi connectivity index (χ0v) is 97.0. The number of hydrogen-bond acceptors (Lipinski definition) is 38. The number of hydrogen-bond donors (Lipinski definition) is 19. The molecular weight excluding hydrogens is 2270 g/mol. The fourth-order valence-corrected chi connectivity index (χ4v) is 26.5. The predicted molar refractivity (Wildman–Crippen MR) is 620 cm³/mol. The van der Waals surface area contributed by atoms with Crippen molar-refractivity contribution in [2.75, 3.05) is 163 Å². The summed E-state index contributed by atoms with van der Waals surface area (Å²) < 4.78 is 47.2. The number of nitrogen functional groups attached to an aromatic ring is 6. The number of pyridine rings is 6. The van der Waals surface area contributed by atoms with Crippen molar-refractivity contribution in [1.29, 1.82) is 0 Å². The Morgan fingerprint density at radius 3 is 0.925 bits per heavy atom. The Morgan fingerprint density at radius 1 is 0.361 bits per heavy atom. The first-order valence-corrected chi connectivity index (χ1v) is 70.6. The number of aliphatic hydroxyl groups is 12. The summed E-state index contributed by atoms with van der Waals surface area (Å²) in [5, 5.41) is 127. The number of halogens is 3. The quantitative estimate of drug-likeness (QED) is 0.00988. The second kappa shape index (κ2) is 48.2. The van der Waals surface area contributed by atoms with E-state index in [9.17, 15) is 61.3 Å². The van der Waals surface area contributed by atoms with Crippen LogP contribution >= 0.6 is 127 Å². The number of ether oxygens (including phenoxy) is 6. The zero-order chi connectivity index (χ0) is 108. The van der Waals surface area contributed by atoms with Crippen LogP contribution in [0.2, 0.25) is 5.28 Å². The summed E-state index contributed by atoms with van der Waals surface area (Å²) in [5.41, 5.74) is 45.1. The van der Waals surface area contributed by atoms with Gasteiger partial charge in [0.15, 0.2) is 94.9 Å². The first kappa shape index (κ1) is 118. The summed E-state index contributed by atoms with van der Waals surface area (Å²) in [7, 11) is 0. The van der Waals surface area contributed by atoms with Gasteiger partial charge in [-0.3, -0.25) is 27.4 Å². The van der Waals surface area contributed by atoms with Crippen molar-refractivity contribution in [2.45, 2.75) is 203 Å². The van der Waals surface area contributed by atoms with E-state index in [0.29, 0.717) is 163 Å². The molecule has 18 heterocycles. The smallest absolute Gasteiger partial charge is 0.207 e. The van der Waals surface area contributed by atoms with Crippen LogP contribution < -0.4 is 34.4 Å². The molecule has 42 nitrogen and oxygen atoms in total. The van der Waals surface area contributed by atoms with E-state index in [1.165, 1.54) is 34.3 Å². The molecule has 0 unspecified atom stereocenters. The Labute approximate surface area is 894 Å². The molecule has 0 saturated carbocycles. The van der Waals surface area contributed by atoms with Crippen LogP contribution in [0.25, 0.3) is 67.0 Å². The maximum Gasteiger partial charge on any atom is 0.207 e. The maximum atomic E-state index is 10.7. The molecule has 0 radical (unpaired) electrons. The number of anilines is 6. The number of nitrogens with two attached hydrogens (primary N) is 6. The van der Waals surface area contributed by atoms with Crippen LogP contribution in [0, 0.1) is 8.60 Å². The third-order valence-corrected chi connectivity index (χ3v) is 37.8. The standard InChI is InChI=1S/C17H27N4O3PS.C16H25N4O3PS.C15H22BrN4O3P.C15H22ClN4O3P.C15H22IN4O3P.C15H23N4O3PS/c1-5-26-17-20-12-10(18)6-8-19-15(12)21(17)16-14(23)13(22)11(24-16)7-9-25(2,3)4;1-24(2,3)8-6-10-12(21)13(22)15(23-10)20-14-11(19-16(20)25-4)9(17)5-7-18-14;3*1-24(2,3)7-5-9-11(21)12(22)14(23-9)20-13-10(19-15(20)16)8(17)4-6-18-13;1-23(2,3)7-5-9-11(20)12(21)14(22-9)19-13-10(18-15(19)24)8(16)4-6-17-13/h6,8,11,13-14,16,22-23H,2,5,7,9H2,1,3-4H3,(H2,18,19);5,7,10,12-13,15,21-22H,1,6,8H2,2-4H3,(H2,17,18);3*4,6,9,11-12,14,21-22H,1,5,7H2,2-3H3,(H2,17,18);4,6,9,11-12,14,20-21H,1,5,7H2,2-3H3,(H2,16,17)(H,18,24)/t11-,13-,14-,16-;10-,12-,13-,15-;4*9-,11-,12-,14-/m111111/s1. The van der Waals surface area contributed by atoms with Gasteiger partial charge in [-0.25, -0.2) is 54.8 Å². The summed E-state index contributed by atoms with van der Waals surface area (Å²) in [6.07, 6.45) is 26.1. The second-order valence-electron chi connectivity index (χ2n) is 41.6. The van der Waals surface area contributed by atoms with Crippen LogP contribution in [-0.4, -0.2) is 425 Å². The number of nitrogens with zero attached hydrogens (tertiary/aromatic N) is 17. The third kappa shape index (κ3) is 27.6. The summed E-state index contributed by atoms with van der Waals surface area (Å²) in [6, 6.07) is 10.0. The molecule has 0 amide bonds. The number of fused-ring (bicyclic) bond motifs is 6. The molecule has 24 atom stereocenters. The molecule has 6 saturated heterocycles. The van der Waals surface area contributed by atoms with Crippen LogP contribution in [-0.2, 0) is 28.4 Å². The maximum absolute atomic E-state index is 10.7. The zero-order valence-electron chi connectivity index (χ0n) is 84.6. The van der Waals surface area contributed by atoms with Gasteiger partial charge in [-0.2, -0.15) is 0 Å². The molecule has 25 N–H and O–H groups in total. The number of aliphatic hydroxyl groups excluding tert-OH is 12. The molecule has 12 aromatic rings. The van der Waals surface area contributed by atoms with Crippen molar-refractivity contribution >= 4 is 266 Å². The average molecular weight is 2410 g/mol. The molecule has 12 aromatic heterocycles. The normalized spacial score (nSPS) is 27.5. The van der Waals surface area contributed by atoms with Crippen LogP contribution in [0.4, 0.5) is 34.1 Å². The van der Waals surface area contributed by atoms with E-state index in [-0.39, 0.29) is 5.28 Å². The lowest BCUT2D eigenvalue weighted by molar-refractivity contribution is -0.0400. The Bertz CT molecular complexity index is 6740. The Hall–Kier alpha value is -5.98. The van der Waals surface area contributed by atoms with E-state index in [1.54, 1.807) is 90.2 Å². The number of aromatic amines is 1. The van der Waals surface area contributed by atoms with Crippen molar-refractivity contribution in [2.24, 2.45) is 0 Å². The molecule has 6 aliphatic rings. The number of H-pyrrole nitrogens is 1. The van der Waals surface area contributed by atoms with Crippen LogP contribution in [0.3, 0.4) is 0 Å². The highest BCUT2D eigenvalue weighted by atomic mass is 127. The van der Waals surface area contributed by atoms with E-state index >= 15 is 0 Å². The van der Waals surface area contributed by atoms with Crippen molar-refractivity contribution in [3.63, 3.8) is 0 Å². The molecular formula is C93H141BrClIN24O18P6S3. The molecule has 0 aromatic carbocycles. The summed E-state index contributed by atoms with van der Waals surface area (Å²) in [6.45, 7) is 20.3. The van der Waals surface area contributed by atoms with Crippen molar-refractivity contribution in [3.8, 4) is 0 Å². The molecule has 6 fully saturated rings. The molecule has 18 rings (SSSR count). The van der Waals surface area contributed by atoms with Gasteiger partial charge in [0.05, 0.1) is 70.7 Å². The number of rotatable bonds is 27. The first-order chi connectivity index (χ1) is 68.7. The first-order valence-electron chi connectivity index (χ1n) is 47.4. The topological polar surface area (TPSA) is 641 Å². The Kier molecular flexibility index (Phi) is 38.7. The molecule has 54 heteroatoms. The third-order valence-electron chi connectivity index (χ3n) is 25.6. The fraction of sp³-hybridized carbons (Fsp3) is 0.548. The van der Waals surface area contributed by atoms with Crippen LogP contribution in [0.5, 0.6) is 0 Å². The van der Waals surface area contributed by atoms with E-state index in [2.05, 4.69) is 216 Å². The summed E-state index contributed by atoms with van der Waals surface area (Å²) >= 11 is 19.9. The highest BCUT2D eigenvalue weighted by molar-refractivity contribution is 14.1. The van der Waals surface area contributed by atoms with Gasteiger partial charge in [-0.05, 0) is 244 Å². The molecule has 147 heavy (non-hydrogen) atoms. The highest BCUT2D eigenvalue weighted by Gasteiger charge is 2.52. The second-order valence-corrected chi connectivity index (χ2v) is 72.0. The van der Waals surface area contributed by atoms with E-state index in [4.69, 9.17) is 86.6 Å². The van der Waals surface area contributed by atoms with Crippen molar-refractivity contribution in [3.05, 3.63) is 92.2 Å².